The van der Waals surface area contributed by atoms with E-state index in [1.54, 1.807) is 0 Å². The molecule has 0 radical (unpaired) electrons. The quantitative estimate of drug-likeness (QED) is 0.779. The predicted molar refractivity (Wildman–Crippen MR) is 55.3 cm³/mol. The molecule has 1 saturated heterocycles. The van der Waals surface area contributed by atoms with Crippen molar-refractivity contribution in [2.24, 2.45) is 5.92 Å². The molecule has 0 aromatic rings. The van der Waals surface area contributed by atoms with E-state index in [0.717, 1.165) is 6.54 Å². The van der Waals surface area contributed by atoms with E-state index in [1.165, 1.54) is 11.9 Å². The molecule has 0 spiro atoms. The molecule has 2 unspecified atom stereocenters. The number of ether oxygens (including phenoxy) is 1. The summed E-state index contributed by atoms with van der Waals surface area (Å²) in [4.78, 5) is 1.31. The third-order valence-electron chi connectivity index (χ3n) is 2.66. The van der Waals surface area contributed by atoms with Crippen LogP contribution in [0.1, 0.15) is 6.92 Å². The first-order valence-electron chi connectivity index (χ1n) is 5.48. The molecular weight excluding hydrogens is 221 g/mol. The molecule has 3 nitrogen and oxygen atoms in total. The Hall–Kier alpha value is -0.330. The number of hydrogen-bond acceptors (Lipinski definition) is 3. The van der Waals surface area contributed by atoms with E-state index in [0.29, 0.717) is 19.8 Å². The zero-order valence-corrected chi connectivity index (χ0v) is 9.68. The fraction of sp³-hybridized carbons (Fsp3) is 1.00. The predicted octanol–water partition coefficient (Wildman–Crippen LogP) is 1.10. The van der Waals surface area contributed by atoms with Gasteiger partial charge in [0.15, 0.2) is 0 Å². The molecule has 1 fully saturated rings. The van der Waals surface area contributed by atoms with Gasteiger partial charge in [-0.15, -0.1) is 0 Å². The molecule has 0 aromatic heterocycles. The summed E-state index contributed by atoms with van der Waals surface area (Å²) in [7, 11) is 1.49. The summed E-state index contributed by atoms with van der Waals surface area (Å²) in [5, 5.41) is 3.23. The van der Waals surface area contributed by atoms with E-state index in [4.69, 9.17) is 4.74 Å². The number of rotatable bonds is 5. The van der Waals surface area contributed by atoms with E-state index in [1.807, 2.05) is 6.92 Å². The number of alkyl halides is 3. The smallest absolute Gasteiger partial charge is 0.379 e. The second-order valence-corrected chi connectivity index (χ2v) is 4.27. The standard InChI is InChI=1S/C10H19F3N2O/c1-3-14-9-6-16-5-8(9)4-15(2)7-10(11,12)13/h8-9,14H,3-7H2,1-2H3. The van der Waals surface area contributed by atoms with Crippen LogP contribution in [0, 0.1) is 5.92 Å². The molecule has 1 N–H and O–H groups in total. The Bertz CT molecular complexity index is 211. The van der Waals surface area contributed by atoms with Crippen molar-refractivity contribution in [1.82, 2.24) is 10.2 Å². The molecule has 1 aliphatic rings. The van der Waals surface area contributed by atoms with Crippen molar-refractivity contribution in [2.45, 2.75) is 19.1 Å². The second kappa shape index (κ2) is 5.84. The van der Waals surface area contributed by atoms with Gasteiger partial charge in [0.1, 0.15) is 0 Å². The summed E-state index contributed by atoms with van der Waals surface area (Å²) in [5.74, 6) is 0.146. The van der Waals surface area contributed by atoms with Crippen LogP contribution in [0.15, 0.2) is 0 Å². The molecule has 96 valence electrons. The lowest BCUT2D eigenvalue weighted by Crippen LogP contribution is -2.42. The van der Waals surface area contributed by atoms with Gasteiger partial charge in [0, 0.05) is 18.5 Å². The van der Waals surface area contributed by atoms with Gasteiger partial charge in [-0.2, -0.15) is 13.2 Å². The first-order chi connectivity index (χ1) is 7.42. The fourth-order valence-corrected chi connectivity index (χ4v) is 2.04. The highest BCUT2D eigenvalue weighted by Gasteiger charge is 2.33. The number of likely N-dealkylation sites (N-methyl/N-ethyl adjacent to an activating group) is 1. The van der Waals surface area contributed by atoms with Crippen molar-refractivity contribution in [3.05, 3.63) is 0 Å². The van der Waals surface area contributed by atoms with Crippen LogP contribution in [-0.4, -0.2) is 57.0 Å². The van der Waals surface area contributed by atoms with Crippen LogP contribution in [0.25, 0.3) is 0 Å². The largest absolute Gasteiger partial charge is 0.401 e. The van der Waals surface area contributed by atoms with Crippen LogP contribution in [0.5, 0.6) is 0 Å². The van der Waals surface area contributed by atoms with Gasteiger partial charge < -0.3 is 10.1 Å². The van der Waals surface area contributed by atoms with Crippen molar-refractivity contribution in [2.75, 3.05) is 39.9 Å². The lowest BCUT2D eigenvalue weighted by Gasteiger charge is -2.25. The monoisotopic (exact) mass is 240 g/mol. The maximum absolute atomic E-state index is 12.1. The third-order valence-corrected chi connectivity index (χ3v) is 2.66. The third kappa shape index (κ3) is 4.67. The Kier molecular flexibility index (Phi) is 5.01. The molecule has 0 aromatic carbocycles. The van der Waals surface area contributed by atoms with E-state index in [2.05, 4.69) is 5.32 Å². The summed E-state index contributed by atoms with van der Waals surface area (Å²) >= 11 is 0. The molecule has 0 amide bonds. The minimum atomic E-state index is -4.12. The minimum Gasteiger partial charge on any atom is -0.379 e. The molecule has 2 atom stereocenters. The van der Waals surface area contributed by atoms with Gasteiger partial charge in [0.05, 0.1) is 19.8 Å². The molecule has 0 saturated carbocycles. The topological polar surface area (TPSA) is 24.5 Å². The highest BCUT2D eigenvalue weighted by Crippen LogP contribution is 2.19. The summed E-state index contributed by atoms with van der Waals surface area (Å²) in [6.07, 6.45) is -4.12. The van der Waals surface area contributed by atoms with Crippen LogP contribution < -0.4 is 5.32 Å². The average Bonchev–Trinajstić information content (AvgIpc) is 2.50. The highest BCUT2D eigenvalue weighted by molar-refractivity contribution is 4.83. The van der Waals surface area contributed by atoms with Gasteiger partial charge in [-0.3, -0.25) is 4.90 Å². The van der Waals surface area contributed by atoms with Crippen molar-refractivity contribution < 1.29 is 17.9 Å². The van der Waals surface area contributed by atoms with Crippen molar-refractivity contribution in [1.29, 1.82) is 0 Å². The van der Waals surface area contributed by atoms with Crippen LogP contribution >= 0.6 is 0 Å². The Labute approximate surface area is 93.9 Å². The van der Waals surface area contributed by atoms with E-state index in [-0.39, 0.29) is 12.0 Å². The lowest BCUT2D eigenvalue weighted by atomic mass is 10.0. The van der Waals surface area contributed by atoms with Crippen LogP contribution in [-0.2, 0) is 4.74 Å². The van der Waals surface area contributed by atoms with Gasteiger partial charge >= 0.3 is 6.18 Å². The number of halogens is 3. The molecule has 16 heavy (non-hydrogen) atoms. The van der Waals surface area contributed by atoms with E-state index >= 15 is 0 Å². The van der Waals surface area contributed by atoms with Gasteiger partial charge in [-0.25, -0.2) is 0 Å². The molecule has 1 aliphatic heterocycles. The van der Waals surface area contributed by atoms with Crippen molar-refractivity contribution in [3.63, 3.8) is 0 Å². The SMILES string of the molecule is CCNC1COCC1CN(C)CC(F)(F)F. The summed E-state index contributed by atoms with van der Waals surface area (Å²) in [5.41, 5.74) is 0. The number of nitrogens with one attached hydrogen (secondary N) is 1. The molecule has 1 rings (SSSR count). The lowest BCUT2D eigenvalue weighted by molar-refractivity contribution is -0.144. The first-order valence-corrected chi connectivity index (χ1v) is 5.48. The van der Waals surface area contributed by atoms with E-state index < -0.39 is 12.7 Å². The molecule has 0 aliphatic carbocycles. The maximum atomic E-state index is 12.1. The number of hydrogen-bond donors (Lipinski definition) is 1. The molecule has 6 heteroatoms. The van der Waals surface area contributed by atoms with Gasteiger partial charge in [-0.1, -0.05) is 6.92 Å². The molecule has 1 heterocycles. The van der Waals surface area contributed by atoms with Crippen molar-refractivity contribution >= 4 is 0 Å². The fourth-order valence-electron chi connectivity index (χ4n) is 2.04. The Morgan fingerprint density at radius 3 is 2.62 bits per heavy atom. The minimum absolute atomic E-state index is 0.146. The average molecular weight is 240 g/mol. The van der Waals surface area contributed by atoms with Gasteiger partial charge in [0.25, 0.3) is 0 Å². The second-order valence-electron chi connectivity index (χ2n) is 4.27. The first kappa shape index (κ1) is 13.7. The zero-order chi connectivity index (χ0) is 12.2. The molecular formula is C10H19F3N2O. The van der Waals surface area contributed by atoms with Crippen LogP contribution in [0.2, 0.25) is 0 Å². The van der Waals surface area contributed by atoms with Crippen LogP contribution in [0.4, 0.5) is 13.2 Å². The summed E-state index contributed by atoms with van der Waals surface area (Å²) in [6.45, 7) is 3.49. The maximum Gasteiger partial charge on any atom is 0.401 e. The highest BCUT2D eigenvalue weighted by atomic mass is 19.4. The zero-order valence-electron chi connectivity index (χ0n) is 9.68. The van der Waals surface area contributed by atoms with Gasteiger partial charge in [-0.05, 0) is 13.6 Å². The van der Waals surface area contributed by atoms with E-state index in [9.17, 15) is 13.2 Å². The Balaban J connectivity index is 2.35. The van der Waals surface area contributed by atoms with Crippen LogP contribution in [0.3, 0.4) is 0 Å². The Morgan fingerprint density at radius 2 is 2.06 bits per heavy atom. The summed E-state index contributed by atoms with van der Waals surface area (Å²) in [6, 6.07) is 0.181. The Morgan fingerprint density at radius 1 is 1.38 bits per heavy atom. The molecule has 0 bridgehead atoms. The van der Waals surface area contributed by atoms with Gasteiger partial charge in [0.2, 0.25) is 0 Å². The summed E-state index contributed by atoms with van der Waals surface area (Å²) < 4.78 is 41.7. The normalized spacial score (nSPS) is 26.6. The number of nitrogens with zero attached hydrogens (tertiary/aromatic N) is 1. The van der Waals surface area contributed by atoms with Crippen molar-refractivity contribution in [3.8, 4) is 0 Å².